The number of carboxylic acid groups (broad SMARTS) is 1. The zero-order chi connectivity index (χ0) is 29.6. The number of carboxylic acids is 1. The summed E-state index contributed by atoms with van der Waals surface area (Å²) in [4.78, 5) is 46.3. The van der Waals surface area contributed by atoms with Crippen molar-refractivity contribution in [3.63, 3.8) is 0 Å². The highest BCUT2D eigenvalue weighted by atomic mass is 32.2. The first-order valence-corrected chi connectivity index (χ1v) is 14.9. The normalized spacial score (nSPS) is 25.6. The van der Waals surface area contributed by atoms with Crippen LogP contribution in [0, 0.1) is 5.41 Å². The standard InChI is InChI=1S/C17H24N10O10S3/c18-15(19)21-3-7-4-26(39(32,33)25-7)5-9-11(13(29)27(9)40(34,35)36)23-12(28)10(8-6-38-16(20)22-8)24-37-17(1-2-17)14(30)31/h6-7,9,11,25H,1-5H2,(H2,20,22)(H,23,28)(H,30,31)(H4,18,19,21)(H,34,35,36)/b24-10-/t7-,9-,11+/m1/s1. The number of amides is 2. The van der Waals surface area contributed by atoms with Gasteiger partial charge in [0.15, 0.2) is 16.8 Å². The topological polar surface area (TPSA) is 313 Å². The first kappa shape index (κ1) is 29.3. The smallest absolute Gasteiger partial charge is 0.362 e. The summed E-state index contributed by atoms with van der Waals surface area (Å²) in [6.45, 7) is -0.981. The fourth-order valence-electron chi connectivity index (χ4n) is 3.93. The third-order valence-corrected chi connectivity index (χ3v) is 9.33. The molecule has 20 nitrogen and oxygen atoms in total. The third kappa shape index (κ3) is 5.92. The summed E-state index contributed by atoms with van der Waals surface area (Å²) in [7, 11) is -9.35. The largest absolute Gasteiger partial charge is 0.478 e. The van der Waals surface area contributed by atoms with Crippen molar-refractivity contribution in [2.75, 3.05) is 25.4 Å². The van der Waals surface area contributed by atoms with Gasteiger partial charge < -0.3 is 32.0 Å². The molecule has 23 heteroatoms. The summed E-state index contributed by atoms with van der Waals surface area (Å²) in [5.74, 6) is -4.15. The summed E-state index contributed by atoms with van der Waals surface area (Å²) in [6, 6.07) is -4.03. The van der Waals surface area contributed by atoms with Gasteiger partial charge in [-0.15, -0.1) is 11.3 Å². The number of guanidine groups is 1. The van der Waals surface area contributed by atoms with Crippen LogP contribution in [0.25, 0.3) is 0 Å². The fourth-order valence-corrected chi connectivity index (χ4v) is 6.80. The second-order valence-electron chi connectivity index (χ2n) is 8.96. The Balaban J connectivity index is 1.56. The monoisotopic (exact) mass is 624 g/mol. The number of hydrogen-bond acceptors (Lipinski definition) is 13. The lowest BCUT2D eigenvalue weighted by Crippen LogP contribution is -2.74. The van der Waals surface area contributed by atoms with E-state index in [0.29, 0.717) is 0 Å². The Morgan fingerprint density at radius 1 is 1.40 bits per heavy atom. The van der Waals surface area contributed by atoms with Crippen LogP contribution in [0.4, 0.5) is 5.13 Å². The summed E-state index contributed by atoms with van der Waals surface area (Å²) in [5.41, 5.74) is 8.46. The number of rotatable bonds is 11. The molecule has 10 N–H and O–H groups in total. The number of β-lactam (4-membered cyclic amide) rings is 1. The van der Waals surface area contributed by atoms with Gasteiger partial charge in [-0.1, -0.05) is 5.16 Å². The molecule has 0 aromatic carbocycles. The number of nitrogens with zero attached hydrogens (tertiary/aromatic N) is 4. The van der Waals surface area contributed by atoms with Crippen LogP contribution in [0.15, 0.2) is 10.5 Å². The molecule has 1 aliphatic carbocycles. The average Bonchev–Trinajstić information content (AvgIpc) is 3.42. The predicted octanol–water partition coefficient (Wildman–Crippen LogP) is -4.44. The van der Waals surface area contributed by atoms with E-state index in [2.05, 4.69) is 25.5 Å². The average molecular weight is 625 g/mol. The highest BCUT2D eigenvalue weighted by Crippen LogP contribution is 2.40. The van der Waals surface area contributed by atoms with Crippen molar-refractivity contribution in [1.29, 1.82) is 5.41 Å². The minimum absolute atomic E-state index is 0.0190. The van der Waals surface area contributed by atoms with Crippen LogP contribution in [-0.2, 0) is 39.7 Å². The molecule has 1 aromatic rings. The number of aromatic nitrogens is 1. The van der Waals surface area contributed by atoms with Gasteiger partial charge in [0.25, 0.3) is 22.0 Å². The van der Waals surface area contributed by atoms with Crippen LogP contribution in [0.5, 0.6) is 0 Å². The van der Waals surface area contributed by atoms with Gasteiger partial charge in [0.1, 0.15) is 11.7 Å². The molecule has 220 valence electrons. The molecule has 0 unspecified atom stereocenters. The maximum atomic E-state index is 13.2. The van der Waals surface area contributed by atoms with Crippen molar-refractivity contribution in [2.45, 2.75) is 36.6 Å². The van der Waals surface area contributed by atoms with Crippen LogP contribution in [0.2, 0.25) is 0 Å². The molecule has 2 saturated heterocycles. The van der Waals surface area contributed by atoms with Crippen LogP contribution in [0.1, 0.15) is 18.5 Å². The number of nitrogen functional groups attached to an aromatic ring is 1. The molecule has 3 aliphatic rings. The Kier molecular flexibility index (Phi) is 7.63. The highest BCUT2D eigenvalue weighted by molar-refractivity contribution is 7.87. The van der Waals surface area contributed by atoms with Crippen molar-refractivity contribution < 1.29 is 45.7 Å². The van der Waals surface area contributed by atoms with Crippen LogP contribution in [-0.4, -0.2) is 113 Å². The molecule has 3 heterocycles. The third-order valence-electron chi connectivity index (χ3n) is 6.10. The lowest BCUT2D eigenvalue weighted by molar-refractivity contribution is -0.153. The molecule has 3 atom stereocenters. The molecule has 2 amide bonds. The van der Waals surface area contributed by atoms with E-state index in [1.165, 1.54) is 5.38 Å². The van der Waals surface area contributed by atoms with Gasteiger partial charge in [-0.05, 0) is 0 Å². The van der Waals surface area contributed by atoms with E-state index in [9.17, 15) is 40.9 Å². The van der Waals surface area contributed by atoms with Gasteiger partial charge in [0.2, 0.25) is 5.60 Å². The summed E-state index contributed by atoms with van der Waals surface area (Å²) in [6.07, 6.45) is 0.238. The second-order valence-corrected chi connectivity index (χ2v) is 12.8. The lowest BCUT2D eigenvalue weighted by Gasteiger charge is -2.45. The Morgan fingerprint density at radius 2 is 2.08 bits per heavy atom. The van der Waals surface area contributed by atoms with Gasteiger partial charge in [0.05, 0.1) is 12.1 Å². The number of nitrogens with one attached hydrogen (secondary N) is 4. The zero-order valence-corrected chi connectivity index (χ0v) is 22.6. The van der Waals surface area contributed by atoms with Gasteiger partial charge in [-0.2, -0.15) is 25.9 Å². The molecule has 40 heavy (non-hydrogen) atoms. The molecule has 3 fully saturated rings. The fraction of sp³-hybridized carbons (Fsp3) is 0.529. The molecule has 2 aliphatic heterocycles. The van der Waals surface area contributed by atoms with Crippen molar-refractivity contribution in [3.05, 3.63) is 11.1 Å². The first-order valence-electron chi connectivity index (χ1n) is 11.2. The maximum absolute atomic E-state index is 13.2. The van der Waals surface area contributed by atoms with Crippen LogP contribution in [0.3, 0.4) is 0 Å². The molecule has 1 aromatic heterocycles. The number of carbonyl (C=O) groups excluding carboxylic acids is 2. The molecule has 4 rings (SSSR count). The van der Waals surface area contributed by atoms with Crippen LogP contribution < -0.4 is 26.8 Å². The number of nitrogens with two attached hydrogens (primary N) is 2. The molecular formula is C17H24N10O10S3. The summed E-state index contributed by atoms with van der Waals surface area (Å²) >= 11 is 0.916. The van der Waals surface area contributed by atoms with Gasteiger partial charge >= 0.3 is 16.3 Å². The molecule has 0 spiro atoms. The van der Waals surface area contributed by atoms with E-state index in [4.69, 9.17) is 21.7 Å². The number of aliphatic carboxylic acids is 1. The second kappa shape index (κ2) is 10.4. The van der Waals surface area contributed by atoms with Gasteiger partial charge in [0, 0.05) is 37.9 Å². The summed E-state index contributed by atoms with van der Waals surface area (Å²) in [5, 5.41) is 26.1. The van der Waals surface area contributed by atoms with Crippen molar-refractivity contribution in [3.8, 4) is 0 Å². The van der Waals surface area contributed by atoms with E-state index in [1.54, 1.807) is 0 Å². The number of carbonyl (C=O) groups is 3. The number of oxime groups is 1. The first-order chi connectivity index (χ1) is 18.5. The Morgan fingerprint density at radius 3 is 2.60 bits per heavy atom. The quantitative estimate of drug-likeness (QED) is 0.0379. The maximum Gasteiger partial charge on any atom is 0.362 e. The Hall–Kier alpha value is -3.64. The Bertz CT molecular complexity index is 1490. The minimum atomic E-state index is -5.16. The SMILES string of the molecule is N=C(N)NC[C@@H]1CN(C[C@@H]2[C@H](NC(=O)/C(=N\OC3(C(=O)O)CC3)c3csc(N)n3)C(=O)N2S(=O)(=O)O)S(=O)(=O)N1. The number of hydrogen-bond donors (Lipinski definition) is 8. The van der Waals surface area contributed by atoms with E-state index < -0.39 is 80.2 Å². The van der Waals surface area contributed by atoms with Gasteiger partial charge in [-0.3, -0.25) is 19.6 Å². The van der Waals surface area contributed by atoms with E-state index >= 15 is 0 Å². The van der Waals surface area contributed by atoms with Crippen molar-refractivity contribution >= 4 is 66.4 Å². The number of thiazole rings is 1. The lowest BCUT2D eigenvalue weighted by atomic mass is 9.98. The predicted molar refractivity (Wildman–Crippen MR) is 135 cm³/mol. The number of anilines is 1. The molecule has 0 radical (unpaired) electrons. The van der Waals surface area contributed by atoms with Gasteiger partial charge in [-0.25, -0.2) is 14.1 Å². The van der Waals surface area contributed by atoms with Crippen LogP contribution >= 0.6 is 11.3 Å². The van der Waals surface area contributed by atoms with E-state index in [1.807, 2.05) is 0 Å². The summed E-state index contributed by atoms with van der Waals surface area (Å²) < 4.78 is 61.6. The van der Waals surface area contributed by atoms with E-state index in [0.717, 1.165) is 15.6 Å². The zero-order valence-electron chi connectivity index (χ0n) is 20.2. The highest BCUT2D eigenvalue weighted by Gasteiger charge is 2.57. The van der Waals surface area contributed by atoms with Crippen molar-refractivity contribution in [1.82, 2.24) is 29.0 Å². The molecule has 0 bridgehead atoms. The minimum Gasteiger partial charge on any atom is -0.478 e. The molecular weight excluding hydrogens is 600 g/mol. The molecule has 1 saturated carbocycles. The van der Waals surface area contributed by atoms with Crippen molar-refractivity contribution in [2.24, 2.45) is 10.9 Å². The Labute approximate surface area is 230 Å². The van der Waals surface area contributed by atoms with E-state index in [-0.39, 0.29) is 41.1 Å².